The minimum Gasteiger partial charge on any atom is -0.364 e. The highest BCUT2D eigenvalue weighted by molar-refractivity contribution is 5.98. The van der Waals surface area contributed by atoms with E-state index < -0.39 is 0 Å². The molecule has 7 nitrogen and oxygen atoms in total. The third-order valence-electron chi connectivity index (χ3n) is 6.51. The number of carbonyl (C=O) groups excluding carboxylic acids is 1. The molecule has 0 spiro atoms. The Kier molecular flexibility index (Phi) is 5.97. The molecule has 1 aliphatic heterocycles. The van der Waals surface area contributed by atoms with Crippen LogP contribution in [0.2, 0.25) is 0 Å². The van der Waals surface area contributed by atoms with Crippen LogP contribution in [-0.2, 0) is 11.8 Å². The summed E-state index contributed by atoms with van der Waals surface area (Å²) in [6.07, 6.45) is 0.301. The van der Waals surface area contributed by atoms with Gasteiger partial charge < -0.3 is 14.2 Å². The number of quaternary nitrogens is 1. The van der Waals surface area contributed by atoms with Crippen LogP contribution in [0.1, 0.15) is 41.3 Å². The quantitative estimate of drug-likeness (QED) is 0.619. The Bertz CT molecular complexity index is 1190. The lowest BCUT2D eigenvalue weighted by Gasteiger charge is -2.31. The second kappa shape index (κ2) is 8.56. The number of morpholine rings is 1. The van der Waals surface area contributed by atoms with E-state index >= 15 is 0 Å². The lowest BCUT2D eigenvalue weighted by Crippen LogP contribution is -3.16. The second-order valence-electron chi connectivity index (χ2n) is 9.05. The third-order valence-corrected chi connectivity index (χ3v) is 6.51. The fraction of sp³-hybridized carbons (Fsp3) is 0.440. The van der Waals surface area contributed by atoms with Gasteiger partial charge in [0.15, 0.2) is 0 Å². The van der Waals surface area contributed by atoms with Gasteiger partial charge in [-0.1, -0.05) is 18.2 Å². The number of hydrogen-bond donors (Lipinski definition) is 1. The van der Waals surface area contributed by atoms with Gasteiger partial charge in [0.25, 0.3) is 5.56 Å². The normalized spacial score (nSPS) is 21.1. The standard InChI is InChI=1S/C25H32N4O3/c1-16-12-22(23(30)15-27-13-17(2)32-18(3)14-27)19(4)28(16)24-20(5)26(6)29(25(24)31)21-10-8-7-9-11-21/h7-12,17-18H,13-15H2,1-6H3/p+1/t17-,18-/m0/s1. The summed E-state index contributed by atoms with van der Waals surface area (Å²) >= 11 is 0. The van der Waals surface area contributed by atoms with Crippen LogP contribution in [0.15, 0.2) is 41.2 Å². The van der Waals surface area contributed by atoms with Crippen LogP contribution in [0, 0.1) is 20.8 Å². The Balaban J connectivity index is 1.72. The third kappa shape index (κ3) is 3.87. The van der Waals surface area contributed by atoms with Crippen molar-refractivity contribution in [2.24, 2.45) is 7.05 Å². The zero-order chi connectivity index (χ0) is 23.2. The van der Waals surface area contributed by atoms with Gasteiger partial charge in [-0.15, -0.1) is 0 Å². The van der Waals surface area contributed by atoms with Crippen LogP contribution < -0.4 is 10.5 Å². The first-order valence-electron chi connectivity index (χ1n) is 11.2. The van der Waals surface area contributed by atoms with Crippen LogP contribution in [0.3, 0.4) is 0 Å². The molecule has 32 heavy (non-hydrogen) atoms. The topological polar surface area (TPSA) is 62.6 Å². The highest BCUT2D eigenvalue weighted by Gasteiger charge is 2.29. The van der Waals surface area contributed by atoms with Crippen LogP contribution in [0.4, 0.5) is 0 Å². The summed E-state index contributed by atoms with van der Waals surface area (Å²) in [7, 11) is 1.89. The molecule has 0 radical (unpaired) electrons. The molecule has 0 aliphatic carbocycles. The van der Waals surface area contributed by atoms with Gasteiger partial charge in [0, 0.05) is 24.0 Å². The first-order chi connectivity index (χ1) is 15.2. The number of ether oxygens (including phenoxy) is 1. The van der Waals surface area contributed by atoms with Crippen LogP contribution in [0.5, 0.6) is 0 Å². The van der Waals surface area contributed by atoms with Crippen LogP contribution in [0.25, 0.3) is 11.4 Å². The minimum atomic E-state index is -0.0987. The molecule has 1 fully saturated rings. The van der Waals surface area contributed by atoms with E-state index in [-0.39, 0.29) is 23.6 Å². The zero-order valence-electron chi connectivity index (χ0n) is 19.8. The molecule has 1 saturated heterocycles. The summed E-state index contributed by atoms with van der Waals surface area (Å²) in [5.41, 5.74) is 4.54. The van der Waals surface area contributed by atoms with Crippen molar-refractivity contribution in [2.75, 3.05) is 19.6 Å². The number of nitrogens with one attached hydrogen (secondary N) is 1. The summed E-state index contributed by atoms with van der Waals surface area (Å²) in [6.45, 7) is 12.0. The van der Waals surface area contributed by atoms with Gasteiger partial charge in [-0.2, -0.15) is 0 Å². The summed E-state index contributed by atoms with van der Waals surface area (Å²) in [5, 5.41) is 0. The lowest BCUT2D eigenvalue weighted by molar-refractivity contribution is -0.906. The molecule has 3 heterocycles. The molecular weight excluding hydrogens is 404 g/mol. The van der Waals surface area contributed by atoms with E-state index in [1.54, 1.807) is 4.68 Å². The number of rotatable bonds is 5. The van der Waals surface area contributed by atoms with Crippen molar-refractivity contribution in [3.05, 3.63) is 69.4 Å². The van der Waals surface area contributed by atoms with E-state index in [2.05, 4.69) is 13.8 Å². The lowest BCUT2D eigenvalue weighted by atomic mass is 10.1. The summed E-state index contributed by atoms with van der Waals surface area (Å²) in [4.78, 5) is 28.0. The van der Waals surface area contributed by atoms with Gasteiger partial charge in [0.05, 0.1) is 11.4 Å². The maximum absolute atomic E-state index is 13.5. The summed E-state index contributed by atoms with van der Waals surface area (Å²) < 4.78 is 11.3. The maximum atomic E-state index is 13.5. The number of carbonyl (C=O) groups is 1. The Labute approximate surface area is 188 Å². The van der Waals surface area contributed by atoms with Gasteiger partial charge in [-0.3, -0.25) is 14.3 Å². The van der Waals surface area contributed by atoms with Crippen molar-refractivity contribution >= 4 is 5.78 Å². The minimum absolute atomic E-state index is 0.0987. The van der Waals surface area contributed by atoms with E-state index in [1.165, 1.54) is 4.90 Å². The zero-order valence-corrected chi connectivity index (χ0v) is 19.8. The number of ketones is 1. The molecule has 1 aromatic carbocycles. The number of nitrogens with zero attached hydrogens (tertiary/aromatic N) is 3. The predicted octanol–water partition coefficient (Wildman–Crippen LogP) is 1.77. The Hall–Kier alpha value is -2.90. The largest absolute Gasteiger partial charge is 0.364 e. The highest BCUT2D eigenvalue weighted by Crippen LogP contribution is 2.22. The van der Waals surface area contributed by atoms with Crippen molar-refractivity contribution in [3.63, 3.8) is 0 Å². The molecule has 4 rings (SSSR count). The van der Waals surface area contributed by atoms with Gasteiger partial charge in [0.1, 0.15) is 37.5 Å². The van der Waals surface area contributed by atoms with E-state index in [0.717, 1.165) is 35.9 Å². The molecule has 3 aromatic rings. The van der Waals surface area contributed by atoms with E-state index in [4.69, 9.17) is 4.74 Å². The van der Waals surface area contributed by atoms with Crippen molar-refractivity contribution in [3.8, 4) is 11.4 Å². The molecule has 7 heteroatoms. The summed E-state index contributed by atoms with van der Waals surface area (Å²) in [5.74, 6) is 0.109. The molecule has 1 N–H and O–H groups in total. The monoisotopic (exact) mass is 437 g/mol. The van der Waals surface area contributed by atoms with Crippen molar-refractivity contribution in [1.29, 1.82) is 0 Å². The fourth-order valence-corrected chi connectivity index (χ4v) is 5.06. The Morgan fingerprint density at radius 3 is 2.31 bits per heavy atom. The van der Waals surface area contributed by atoms with E-state index in [9.17, 15) is 9.59 Å². The smallest absolute Gasteiger partial charge is 0.295 e. The summed E-state index contributed by atoms with van der Waals surface area (Å²) in [6, 6.07) is 11.5. The molecule has 0 bridgehead atoms. The number of aromatic nitrogens is 3. The van der Waals surface area contributed by atoms with E-state index in [0.29, 0.717) is 17.8 Å². The molecule has 2 atom stereocenters. The number of Topliss-reactive ketones (excluding diaryl/α,β-unsaturated/α-hetero) is 1. The fourth-order valence-electron chi connectivity index (χ4n) is 5.06. The molecule has 0 unspecified atom stereocenters. The van der Waals surface area contributed by atoms with Crippen LogP contribution >= 0.6 is 0 Å². The van der Waals surface area contributed by atoms with Gasteiger partial charge in [0.2, 0.25) is 5.78 Å². The second-order valence-corrected chi connectivity index (χ2v) is 9.05. The first kappa shape index (κ1) is 22.3. The van der Waals surface area contributed by atoms with Gasteiger partial charge in [-0.05, 0) is 52.8 Å². The average Bonchev–Trinajstić information content (AvgIpc) is 3.13. The molecule has 0 amide bonds. The van der Waals surface area contributed by atoms with Crippen molar-refractivity contribution in [1.82, 2.24) is 13.9 Å². The Morgan fingerprint density at radius 2 is 1.69 bits per heavy atom. The van der Waals surface area contributed by atoms with Crippen LogP contribution in [-0.4, -0.2) is 51.6 Å². The SMILES string of the molecule is Cc1cc(C(=O)C[NH+]2C[C@H](C)O[C@@H](C)C2)c(C)n1-c1c(C)n(C)n(-c2ccccc2)c1=O. The number of benzene rings is 1. The molecular formula is C25H33N4O3+. The molecule has 170 valence electrons. The molecule has 0 saturated carbocycles. The Morgan fingerprint density at radius 1 is 1.06 bits per heavy atom. The molecule has 1 aliphatic rings. The number of para-hydroxylation sites is 1. The molecule has 2 aromatic heterocycles. The number of aryl methyl sites for hydroxylation is 1. The van der Waals surface area contributed by atoms with Crippen molar-refractivity contribution < 1.29 is 14.4 Å². The highest BCUT2D eigenvalue weighted by atomic mass is 16.5. The predicted molar refractivity (Wildman–Crippen MR) is 124 cm³/mol. The average molecular weight is 438 g/mol. The maximum Gasteiger partial charge on any atom is 0.295 e. The van der Waals surface area contributed by atoms with Gasteiger partial charge in [-0.25, -0.2) is 4.68 Å². The number of hydrogen-bond acceptors (Lipinski definition) is 3. The van der Waals surface area contributed by atoms with Crippen molar-refractivity contribution in [2.45, 2.75) is 46.8 Å². The first-order valence-corrected chi connectivity index (χ1v) is 11.2. The van der Waals surface area contributed by atoms with E-state index in [1.807, 2.05) is 73.5 Å². The van der Waals surface area contributed by atoms with Gasteiger partial charge >= 0.3 is 0 Å².